The van der Waals surface area contributed by atoms with Crippen molar-refractivity contribution in [2.75, 3.05) is 0 Å². The van der Waals surface area contributed by atoms with Crippen LogP contribution in [-0.4, -0.2) is 0 Å². The van der Waals surface area contributed by atoms with Crippen LogP contribution in [0, 0.1) is 5.82 Å². The van der Waals surface area contributed by atoms with Crippen molar-refractivity contribution in [2.24, 2.45) is 5.73 Å². The molecule has 0 fully saturated rings. The summed E-state index contributed by atoms with van der Waals surface area (Å²) in [7, 11) is 0. The minimum Gasteiger partial charge on any atom is -0.326 e. The number of hydrogen-bond donors (Lipinski definition) is 1. The standard InChI is InChI=1S/C11H9BrFNS/c12-10-6-15-5-9(10)8-2-1-7(4-14)3-11(8)13/h1-3,5-6H,4,14H2. The fraction of sp³-hybridized carbons (Fsp3) is 0.0909. The number of halogens is 2. The molecule has 1 nitrogen and oxygen atoms in total. The van der Waals surface area contributed by atoms with Crippen molar-refractivity contribution in [3.8, 4) is 11.1 Å². The fourth-order valence-corrected chi connectivity index (χ4v) is 2.89. The molecule has 0 spiro atoms. The molecule has 0 atom stereocenters. The van der Waals surface area contributed by atoms with Gasteiger partial charge in [0.05, 0.1) is 0 Å². The third-order valence-corrected chi connectivity index (χ3v) is 3.88. The Morgan fingerprint density at radius 3 is 2.60 bits per heavy atom. The van der Waals surface area contributed by atoms with Gasteiger partial charge < -0.3 is 5.73 Å². The number of rotatable bonds is 2. The summed E-state index contributed by atoms with van der Waals surface area (Å²) in [5.74, 6) is -0.225. The molecule has 0 radical (unpaired) electrons. The first-order chi connectivity index (χ1) is 7.22. The Morgan fingerprint density at radius 1 is 1.27 bits per heavy atom. The summed E-state index contributed by atoms with van der Waals surface area (Å²) >= 11 is 4.93. The highest BCUT2D eigenvalue weighted by Crippen LogP contribution is 2.33. The average molecular weight is 286 g/mol. The quantitative estimate of drug-likeness (QED) is 0.893. The van der Waals surface area contributed by atoms with E-state index in [4.69, 9.17) is 5.73 Å². The van der Waals surface area contributed by atoms with Gasteiger partial charge in [0, 0.05) is 27.5 Å². The second-order valence-electron chi connectivity index (χ2n) is 3.15. The van der Waals surface area contributed by atoms with Crippen molar-refractivity contribution in [2.45, 2.75) is 6.54 Å². The van der Waals surface area contributed by atoms with Crippen molar-refractivity contribution >= 4 is 27.3 Å². The minimum atomic E-state index is -0.225. The van der Waals surface area contributed by atoms with E-state index >= 15 is 0 Å². The summed E-state index contributed by atoms with van der Waals surface area (Å²) in [6, 6.07) is 5.10. The SMILES string of the molecule is NCc1ccc(-c2cscc2Br)c(F)c1. The molecule has 78 valence electrons. The van der Waals surface area contributed by atoms with Crippen LogP contribution in [0.3, 0.4) is 0 Å². The van der Waals surface area contributed by atoms with Gasteiger partial charge in [-0.3, -0.25) is 0 Å². The van der Waals surface area contributed by atoms with E-state index in [1.807, 2.05) is 16.8 Å². The van der Waals surface area contributed by atoms with Gasteiger partial charge in [-0.2, -0.15) is 11.3 Å². The molecule has 15 heavy (non-hydrogen) atoms. The van der Waals surface area contributed by atoms with Crippen LogP contribution in [0.1, 0.15) is 5.56 Å². The van der Waals surface area contributed by atoms with Gasteiger partial charge in [0.1, 0.15) is 5.82 Å². The number of benzene rings is 1. The van der Waals surface area contributed by atoms with Crippen molar-refractivity contribution < 1.29 is 4.39 Å². The molecule has 1 aromatic carbocycles. The lowest BCUT2D eigenvalue weighted by molar-refractivity contribution is 0.629. The predicted molar refractivity (Wildman–Crippen MR) is 65.3 cm³/mol. The summed E-state index contributed by atoms with van der Waals surface area (Å²) < 4.78 is 14.6. The predicted octanol–water partition coefficient (Wildman–Crippen LogP) is 3.78. The van der Waals surface area contributed by atoms with Crippen LogP contribution in [0.5, 0.6) is 0 Å². The summed E-state index contributed by atoms with van der Waals surface area (Å²) in [5.41, 5.74) is 7.75. The molecular formula is C11H9BrFNS. The maximum absolute atomic E-state index is 13.7. The lowest BCUT2D eigenvalue weighted by atomic mass is 10.1. The molecular weight excluding hydrogens is 277 g/mol. The smallest absolute Gasteiger partial charge is 0.131 e. The van der Waals surface area contributed by atoms with Crippen LogP contribution in [0.2, 0.25) is 0 Å². The van der Waals surface area contributed by atoms with Gasteiger partial charge in [-0.1, -0.05) is 12.1 Å². The zero-order valence-corrected chi connectivity index (χ0v) is 10.2. The summed E-state index contributed by atoms with van der Waals surface area (Å²) in [4.78, 5) is 0. The van der Waals surface area contributed by atoms with Crippen LogP contribution in [0.25, 0.3) is 11.1 Å². The Balaban J connectivity index is 2.50. The first-order valence-electron chi connectivity index (χ1n) is 4.43. The molecule has 0 unspecified atom stereocenters. The zero-order valence-electron chi connectivity index (χ0n) is 7.84. The third-order valence-electron chi connectivity index (χ3n) is 2.17. The third kappa shape index (κ3) is 2.12. The molecule has 0 saturated heterocycles. The second kappa shape index (κ2) is 4.43. The Labute approximate surface area is 99.9 Å². The van der Waals surface area contributed by atoms with Gasteiger partial charge >= 0.3 is 0 Å². The van der Waals surface area contributed by atoms with E-state index in [-0.39, 0.29) is 5.82 Å². The highest BCUT2D eigenvalue weighted by Gasteiger charge is 2.09. The van der Waals surface area contributed by atoms with Crippen molar-refractivity contribution in [1.29, 1.82) is 0 Å². The van der Waals surface area contributed by atoms with Crippen molar-refractivity contribution in [1.82, 2.24) is 0 Å². The summed E-state index contributed by atoms with van der Waals surface area (Å²) in [5, 5.41) is 3.86. The van der Waals surface area contributed by atoms with Crippen molar-refractivity contribution in [3.63, 3.8) is 0 Å². The van der Waals surface area contributed by atoms with E-state index in [0.717, 1.165) is 15.6 Å². The molecule has 2 N–H and O–H groups in total. The highest BCUT2D eigenvalue weighted by molar-refractivity contribution is 9.10. The van der Waals surface area contributed by atoms with Crippen LogP contribution in [-0.2, 0) is 6.54 Å². The second-order valence-corrected chi connectivity index (χ2v) is 4.75. The van der Waals surface area contributed by atoms with Crippen LogP contribution < -0.4 is 5.73 Å². The van der Waals surface area contributed by atoms with Crippen LogP contribution >= 0.6 is 27.3 Å². The topological polar surface area (TPSA) is 26.0 Å². The van der Waals surface area contributed by atoms with E-state index in [2.05, 4.69) is 15.9 Å². The Hall–Kier alpha value is -0.710. The minimum absolute atomic E-state index is 0.225. The normalized spacial score (nSPS) is 10.6. The first-order valence-corrected chi connectivity index (χ1v) is 6.16. The fourth-order valence-electron chi connectivity index (χ4n) is 1.38. The van der Waals surface area contributed by atoms with Gasteiger partial charge in [0.25, 0.3) is 0 Å². The molecule has 4 heteroatoms. The molecule has 2 aromatic rings. The zero-order chi connectivity index (χ0) is 10.8. The lowest BCUT2D eigenvalue weighted by Gasteiger charge is -2.04. The molecule has 0 aliphatic carbocycles. The van der Waals surface area contributed by atoms with E-state index in [1.165, 1.54) is 6.07 Å². The van der Waals surface area contributed by atoms with Crippen LogP contribution in [0.15, 0.2) is 33.4 Å². The molecule has 0 saturated carbocycles. The Kier molecular flexibility index (Phi) is 3.19. The maximum Gasteiger partial charge on any atom is 0.131 e. The molecule has 0 amide bonds. The lowest BCUT2D eigenvalue weighted by Crippen LogP contribution is -1.97. The van der Waals surface area contributed by atoms with Gasteiger partial charge in [-0.15, -0.1) is 0 Å². The van der Waals surface area contributed by atoms with Crippen LogP contribution in [0.4, 0.5) is 4.39 Å². The molecule has 0 aliphatic heterocycles. The average Bonchev–Trinajstić information content (AvgIpc) is 2.64. The maximum atomic E-state index is 13.7. The number of nitrogens with two attached hydrogens (primary N) is 1. The molecule has 1 heterocycles. The van der Waals surface area contributed by atoms with E-state index < -0.39 is 0 Å². The molecule has 2 rings (SSSR count). The van der Waals surface area contributed by atoms with E-state index in [9.17, 15) is 4.39 Å². The Morgan fingerprint density at radius 2 is 2.07 bits per heavy atom. The van der Waals surface area contributed by atoms with E-state index in [0.29, 0.717) is 12.1 Å². The van der Waals surface area contributed by atoms with Gasteiger partial charge in [0.2, 0.25) is 0 Å². The highest BCUT2D eigenvalue weighted by atomic mass is 79.9. The number of thiophene rings is 1. The largest absolute Gasteiger partial charge is 0.326 e. The molecule has 0 aliphatic rings. The summed E-state index contributed by atoms with van der Waals surface area (Å²) in [6.07, 6.45) is 0. The van der Waals surface area contributed by atoms with Crippen molar-refractivity contribution in [3.05, 3.63) is 44.8 Å². The first kappa shape index (κ1) is 10.8. The van der Waals surface area contributed by atoms with Gasteiger partial charge in [-0.25, -0.2) is 4.39 Å². The molecule has 1 aromatic heterocycles. The van der Waals surface area contributed by atoms with Gasteiger partial charge in [-0.05, 0) is 32.9 Å². The monoisotopic (exact) mass is 285 g/mol. The summed E-state index contributed by atoms with van der Waals surface area (Å²) in [6.45, 7) is 0.363. The Bertz CT molecular complexity index is 481. The van der Waals surface area contributed by atoms with E-state index in [1.54, 1.807) is 17.4 Å². The number of hydrogen-bond acceptors (Lipinski definition) is 2. The molecule has 0 bridgehead atoms. The van der Waals surface area contributed by atoms with Gasteiger partial charge in [0.15, 0.2) is 0 Å².